The first-order valence-corrected chi connectivity index (χ1v) is 9.34. The van der Waals surface area contributed by atoms with Crippen LogP contribution < -0.4 is 10.1 Å². The van der Waals surface area contributed by atoms with E-state index in [-0.39, 0.29) is 11.9 Å². The molecule has 0 aliphatic rings. The maximum atomic E-state index is 12.8. The number of benzene rings is 3. The Balaban J connectivity index is 1.71. The highest BCUT2D eigenvalue weighted by atomic mass is 16.5. The van der Waals surface area contributed by atoms with Crippen molar-refractivity contribution < 1.29 is 19.1 Å². The van der Waals surface area contributed by atoms with E-state index in [1.807, 2.05) is 60.7 Å². The SMILES string of the molecule is COc1ccc(C(=O)O[C@@H](C)C(=O)NC(c2ccccc2)c2ccccc2)cc1. The molecule has 0 aromatic heterocycles. The largest absolute Gasteiger partial charge is 0.497 e. The van der Waals surface area contributed by atoms with Crippen LogP contribution in [-0.4, -0.2) is 25.1 Å². The summed E-state index contributed by atoms with van der Waals surface area (Å²) in [7, 11) is 1.55. The highest BCUT2D eigenvalue weighted by Gasteiger charge is 2.23. The van der Waals surface area contributed by atoms with Gasteiger partial charge >= 0.3 is 5.97 Å². The van der Waals surface area contributed by atoms with Crippen molar-refractivity contribution in [3.05, 3.63) is 102 Å². The molecule has 5 nitrogen and oxygen atoms in total. The summed E-state index contributed by atoms with van der Waals surface area (Å²) in [5.41, 5.74) is 2.24. The van der Waals surface area contributed by atoms with Crippen LogP contribution in [0.25, 0.3) is 0 Å². The fraction of sp³-hybridized carbons (Fsp3) is 0.167. The van der Waals surface area contributed by atoms with Gasteiger partial charge in [0.1, 0.15) is 5.75 Å². The van der Waals surface area contributed by atoms with E-state index in [0.29, 0.717) is 11.3 Å². The molecule has 3 aromatic rings. The molecule has 0 fully saturated rings. The summed E-state index contributed by atoms with van der Waals surface area (Å²) in [4.78, 5) is 25.1. The van der Waals surface area contributed by atoms with Crippen LogP contribution in [0.4, 0.5) is 0 Å². The van der Waals surface area contributed by atoms with Gasteiger partial charge in [0, 0.05) is 0 Å². The minimum Gasteiger partial charge on any atom is -0.497 e. The van der Waals surface area contributed by atoms with Gasteiger partial charge in [0.05, 0.1) is 18.7 Å². The van der Waals surface area contributed by atoms with Gasteiger partial charge in [0.15, 0.2) is 6.10 Å². The Bertz CT molecular complexity index is 900. The van der Waals surface area contributed by atoms with Crippen LogP contribution in [0.2, 0.25) is 0 Å². The quantitative estimate of drug-likeness (QED) is 0.617. The molecule has 148 valence electrons. The smallest absolute Gasteiger partial charge is 0.338 e. The number of esters is 1. The molecule has 3 rings (SSSR count). The lowest BCUT2D eigenvalue weighted by molar-refractivity contribution is -0.129. The number of hydrogen-bond donors (Lipinski definition) is 1. The van der Waals surface area contributed by atoms with Crippen LogP contribution in [0.15, 0.2) is 84.9 Å². The molecule has 29 heavy (non-hydrogen) atoms. The Hall–Kier alpha value is -3.60. The van der Waals surface area contributed by atoms with Gasteiger partial charge in [-0.05, 0) is 42.3 Å². The third-order valence-corrected chi connectivity index (χ3v) is 4.53. The summed E-state index contributed by atoms with van der Waals surface area (Å²) < 4.78 is 10.4. The van der Waals surface area contributed by atoms with E-state index >= 15 is 0 Å². The number of carbonyl (C=O) groups is 2. The molecule has 0 saturated carbocycles. The predicted molar refractivity (Wildman–Crippen MR) is 111 cm³/mol. The number of methoxy groups -OCH3 is 1. The van der Waals surface area contributed by atoms with Crippen LogP contribution >= 0.6 is 0 Å². The Kier molecular flexibility index (Phi) is 6.63. The first-order chi connectivity index (χ1) is 14.1. The molecule has 0 saturated heterocycles. The standard InChI is InChI=1S/C24H23NO4/c1-17(29-24(27)20-13-15-21(28-2)16-14-20)23(26)25-22(18-9-5-3-6-10-18)19-11-7-4-8-12-19/h3-17,22H,1-2H3,(H,25,26)/t17-/m0/s1. The zero-order valence-corrected chi connectivity index (χ0v) is 16.4. The Labute approximate surface area is 170 Å². The molecule has 0 unspecified atom stereocenters. The number of carbonyl (C=O) groups excluding carboxylic acids is 2. The number of hydrogen-bond acceptors (Lipinski definition) is 4. The van der Waals surface area contributed by atoms with E-state index in [4.69, 9.17) is 9.47 Å². The molecular weight excluding hydrogens is 366 g/mol. The number of rotatable bonds is 7. The lowest BCUT2D eigenvalue weighted by Gasteiger charge is -2.22. The van der Waals surface area contributed by atoms with Gasteiger partial charge in [0.25, 0.3) is 5.91 Å². The molecule has 5 heteroatoms. The fourth-order valence-corrected chi connectivity index (χ4v) is 2.92. The zero-order valence-electron chi connectivity index (χ0n) is 16.4. The van der Waals surface area contributed by atoms with Gasteiger partial charge in [0.2, 0.25) is 0 Å². The van der Waals surface area contributed by atoms with E-state index in [1.54, 1.807) is 38.3 Å². The topological polar surface area (TPSA) is 64.6 Å². The summed E-state index contributed by atoms with van der Waals surface area (Å²) in [5, 5.41) is 2.99. The minimum absolute atomic E-state index is 0.341. The summed E-state index contributed by atoms with van der Waals surface area (Å²) in [6.45, 7) is 1.56. The number of nitrogens with one attached hydrogen (secondary N) is 1. The lowest BCUT2D eigenvalue weighted by atomic mass is 9.98. The molecule has 1 amide bonds. The molecule has 0 aliphatic carbocycles. The van der Waals surface area contributed by atoms with E-state index in [9.17, 15) is 9.59 Å². The highest BCUT2D eigenvalue weighted by Crippen LogP contribution is 2.22. The zero-order chi connectivity index (χ0) is 20.6. The average Bonchev–Trinajstić information content (AvgIpc) is 2.78. The van der Waals surface area contributed by atoms with Crippen LogP contribution in [0.5, 0.6) is 5.75 Å². The second-order valence-corrected chi connectivity index (χ2v) is 6.54. The molecule has 0 heterocycles. The third-order valence-electron chi connectivity index (χ3n) is 4.53. The van der Waals surface area contributed by atoms with Crippen LogP contribution in [0, 0.1) is 0 Å². The maximum absolute atomic E-state index is 12.8. The second-order valence-electron chi connectivity index (χ2n) is 6.54. The maximum Gasteiger partial charge on any atom is 0.338 e. The van der Waals surface area contributed by atoms with Gasteiger partial charge in [-0.25, -0.2) is 4.79 Å². The minimum atomic E-state index is -0.945. The lowest BCUT2D eigenvalue weighted by Crippen LogP contribution is -2.38. The normalized spacial score (nSPS) is 11.6. The van der Waals surface area contributed by atoms with Gasteiger partial charge in [-0.1, -0.05) is 60.7 Å². The monoisotopic (exact) mass is 389 g/mol. The summed E-state index contributed by atoms with van der Waals surface area (Å²) in [5.74, 6) is -0.295. The molecular formula is C24H23NO4. The first kappa shape index (κ1) is 20.1. The molecule has 0 bridgehead atoms. The van der Waals surface area contributed by atoms with Crippen molar-refractivity contribution >= 4 is 11.9 Å². The van der Waals surface area contributed by atoms with Crippen molar-refractivity contribution in [3.63, 3.8) is 0 Å². The van der Waals surface area contributed by atoms with Crippen LogP contribution in [0.1, 0.15) is 34.5 Å². The first-order valence-electron chi connectivity index (χ1n) is 9.34. The van der Waals surface area contributed by atoms with Gasteiger partial charge < -0.3 is 14.8 Å². The molecule has 0 aliphatic heterocycles. The van der Waals surface area contributed by atoms with Crippen LogP contribution in [-0.2, 0) is 9.53 Å². The van der Waals surface area contributed by atoms with Crippen molar-refractivity contribution in [1.82, 2.24) is 5.32 Å². The number of amides is 1. The van der Waals surface area contributed by atoms with Gasteiger partial charge in [-0.3, -0.25) is 4.79 Å². The van der Waals surface area contributed by atoms with E-state index < -0.39 is 12.1 Å². The molecule has 1 atom stereocenters. The molecule has 0 radical (unpaired) electrons. The summed E-state index contributed by atoms with van der Waals surface area (Å²) in [6, 6.07) is 25.5. The van der Waals surface area contributed by atoms with Crippen molar-refractivity contribution in [2.45, 2.75) is 19.1 Å². The van der Waals surface area contributed by atoms with Gasteiger partial charge in [-0.15, -0.1) is 0 Å². The predicted octanol–water partition coefficient (Wildman–Crippen LogP) is 4.15. The summed E-state index contributed by atoms with van der Waals surface area (Å²) in [6.07, 6.45) is -0.945. The van der Waals surface area contributed by atoms with Crippen molar-refractivity contribution in [2.24, 2.45) is 0 Å². The van der Waals surface area contributed by atoms with Crippen molar-refractivity contribution in [3.8, 4) is 5.75 Å². The highest BCUT2D eigenvalue weighted by molar-refractivity contribution is 5.92. The second kappa shape index (κ2) is 9.55. The van der Waals surface area contributed by atoms with E-state index in [0.717, 1.165) is 11.1 Å². The fourth-order valence-electron chi connectivity index (χ4n) is 2.92. The van der Waals surface area contributed by atoms with Gasteiger partial charge in [-0.2, -0.15) is 0 Å². The Morgan fingerprint density at radius 3 is 1.79 bits per heavy atom. The summed E-state index contributed by atoms with van der Waals surface area (Å²) >= 11 is 0. The van der Waals surface area contributed by atoms with Crippen molar-refractivity contribution in [1.29, 1.82) is 0 Å². The van der Waals surface area contributed by atoms with Crippen molar-refractivity contribution in [2.75, 3.05) is 7.11 Å². The molecule has 3 aromatic carbocycles. The van der Waals surface area contributed by atoms with E-state index in [2.05, 4.69) is 5.32 Å². The average molecular weight is 389 g/mol. The number of ether oxygens (including phenoxy) is 2. The molecule has 1 N–H and O–H groups in total. The third kappa shape index (κ3) is 5.23. The van der Waals surface area contributed by atoms with Crippen LogP contribution in [0.3, 0.4) is 0 Å². The van der Waals surface area contributed by atoms with E-state index in [1.165, 1.54) is 0 Å². The Morgan fingerprint density at radius 1 is 0.793 bits per heavy atom. The Morgan fingerprint density at radius 2 is 1.31 bits per heavy atom. The molecule has 0 spiro atoms.